The van der Waals surface area contributed by atoms with Gasteiger partial charge in [0.1, 0.15) is 0 Å². The lowest BCUT2D eigenvalue weighted by molar-refractivity contribution is 0.505. The number of nitrogens with zero attached hydrogens (tertiary/aromatic N) is 3. The van der Waals surface area contributed by atoms with Crippen LogP contribution in [-0.2, 0) is 6.54 Å². The minimum Gasteiger partial charge on any atom is -0.246 e. The van der Waals surface area contributed by atoms with Gasteiger partial charge in [0, 0.05) is 6.54 Å². The van der Waals surface area contributed by atoms with Gasteiger partial charge in [-0.05, 0) is 12.8 Å². The van der Waals surface area contributed by atoms with E-state index in [0.29, 0.717) is 6.54 Å². The van der Waals surface area contributed by atoms with Gasteiger partial charge in [0.25, 0.3) is 0 Å². The van der Waals surface area contributed by atoms with Gasteiger partial charge in [-0.25, -0.2) is 23.5 Å². The van der Waals surface area contributed by atoms with Gasteiger partial charge in [-0.2, -0.15) is 0 Å². The van der Waals surface area contributed by atoms with Gasteiger partial charge in [0.2, 0.25) is 0 Å². The van der Waals surface area contributed by atoms with E-state index in [0.717, 1.165) is 12.8 Å². The van der Waals surface area contributed by atoms with Crippen molar-refractivity contribution >= 4 is 0 Å². The molecule has 0 fully saturated rings. The Hall–Kier alpha value is -1.52. The summed E-state index contributed by atoms with van der Waals surface area (Å²) in [6.45, 7) is 2.48. The molecule has 80 valence electrons. The summed E-state index contributed by atoms with van der Waals surface area (Å²) in [6, 6.07) is 0.210. The minimum absolute atomic E-state index is 0.105. The fourth-order valence-electron chi connectivity index (χ4n) is 2.56. The van der Waals surface area contributed by atoms with E-state index in [1.165, 1.54) is 4.57 Å². The molecule has 2 heterocycles. The fraction of sp³-hybridized carbons (Fsp3) is 0.600. The maximum absolute atomic E-state index is 11.9. The van der Waals surface area contributed by atoms with Crippen LogP contribution in [0.25, 0.3) is 0 Å². The molecule has 2 bridgehead atoms. The van der Waals surface area contributed by atoms with Crippen molar-refractivity contribution in [2.24, 2.45) is 0 Å². The van der Waals surface area contributed by atoms with Gasteiger partial charge in [0.05, 0.1) is 12.1 Å². The van der Waals surface area contributed by atoms with Gasteiger partial charge >= 0.3 is 11.4 Å². The van der Waals surface area contributed by atoms with Gasteiger partial charge in [-0.1, -0.05) is 19.1 Å². The molecule has 0 spiro atoms. The van der Waals surface area contributed by atoms with E-state index >= 15 is 0 Å². The molecule has 15 heavy (non-hydrogen) atoms. The third kappa shape index (κ3) is 0.926. The lowest BCUT2D eigenvalue weighted by Gasteiger charge is -2.07. The van der Waals surface area contributed by atoms with Gasteiger partial charge in [-0.15, -0.1) is 0 Å². The largest absolute Gasteiger partial charge is 0.347 e. The number of hydrogen-bond donors (Lipinski definition) is 0. The lowest BCUT2D eigenvalue weighted by atomic mass is 10.2. The zero-order valence-corrected chi connectivity index (χ0v) is 8.59. The fourth-order valence-corrected chi connectivity index (χ4v) is 2.56. The van der Waals surface area contributed by atoms with Crippen molar-refractivity contribution in [2.45, 2.75) is 38.4 Å². The monoisotopic (exact) mass is 207 g/mol. The van der Waals surface area contributed by atoms with E-state index in [2.05, 4.69) is 0 Å². The molecule has 0 saturated heterocycles. The zero-order valence-electron chi connectivity index (χ0n) is 8.59. The van der Waals surface area contributed by atoms with Gasteiger partial charge < -0.3 is 0 Å². The van der Waals surface area contributed by atoms with E-state index in [1.807, 2.05) is 19.1 Å². The van der Waals surface area contributed by atoms with Crippen molar-refractivity contribution < 1.29 is 0 Å². The smallest absolute Gasteiger partial charge is 0.246 e. The normalized spacial score (nSPS) is 26.2. The molecule has 1 aromatic rings. The Balaban J connectivity index is 2.26. The predicted octanol–water partition coefficient (Wildman–Crippen LogP) is 0.277. The highest BCUT2D eigenvalue weighted by Gasteiger charge is 2.36. The summed E-state index contributed by atoms with van der Waals surface area (Å²) in [5, 5.41) is 0. The molecule has 0 N–H and O–H groups in total. The molecule has 0 amide bonds. The highest BCUT2D eigenvalue weighted by atomic mass is 16.2. The number of allylic oxidation sites excluding steroid dienone is 2. The summed E-state index contributed by atoms with van der Waals surface area (Å²) in [5.41, 5.74) is -0.308. The molecule has 2 atom stereocenters. The van der Waals surface area contributed by atoms with Crippen LogP contribution in [0.2, 0.25) is 0 Å². The molecule has 1 aromatic heterocycles. The Labute approximate surface area is 86.2 Å². The van der Waals surface area contributed by atoms with Crippen LogP contribution in [0.5, 0.6) is 0 Å². The second-order valence-electron chi connectivity index (χ2n) is 4.16. The van der Waals surface area contributed by atoms with Crippen LogP contribution in [0.1, 0.15) is 31.8 Å². The van der Waals surface area contributed by atoms with Crippen molar-refractivity contribution in [3.05, 3.63) is 33.1 Å². The lowest BCUT2D eigenvalue weighted by Crippen LogP contribution is -2.30. The minimum atomic E-state index is -0.154. The third-order valence-electron chi connectivity index (χ3n) is 3.20. The maximum Gasteiger partial charge on any atom is 0.347 e. The van der Waals surface area contributed by atoms with Crippen LogP contribution >= 0.6 is 0 Å². The van der Waals surface area contributed by atoms with Crippen molar-refractivity contribution in [3.63, 3.8) is 0 Å². The van der Waals surface area contributed by atoms with Gasteiger partial charge in [0.15, 0.2) is 0 Å². The molecular weight excluding hydrogens is 194 g/mol. The molecule has 5 nitrogen and oxygen atoms in total. The van der Waals surface area contributed by atoms with Crippen LogP contribution in [0, 0.1) is 0 Å². The standard InChI is InChI=1S/C10H13N3O2/c1-2-5-11-9(14)12-7-3-4-8(6-7)13(12)10(11)15/h3-4,7-8H,2,5-6H2,1H3. The number of rotatable bonds is 2. The molecule has 5 heteroatoms. The zero-order chi connectivity index (χ0) is 10.6. The molecular formula is C10H13N3O2. The van der Waals surface area contributed by atoms with E-state index in [-0.39, 0.29) is 23.5 Å². The maximum atomic E-state index is 11.9. The first-order valence-electron chi connectivity index (χ1n) is 5.36. The first-order chi connectivity index (χ1) is 7.24. The van der Waals surface area contributed by atoms with Crippen LogP contribution in [0.15, 0.2) is 21.7 Å². The SMILES string of the molecule is CCCn1c(=O)n2n(c1=O)C1C=CC2C1. The molecule has 0 aromatic carbocycles. The number of aromatic nitrogens is 3. The highest BCUT2D eigenvalue weighted by molar-refractivity contribution is 5.12. The molecule has 0 radical (unpaired) electrons. The van der Waals surface area contributed by atoms with E-state index in [4.69, 9.17) is 0 Å². The van der Waals surface area contributed by atoms with Crippen molar-refractivity contribution in [1.82, 2.24) is 13.9 Å². The molecule has 2 unspecified atom stereocenters. The quantitative estimate of drug-likeness (QED) is 0.654. The van der Waals surface area contributed by atoms with Crippen molar-refractivity contribution in [2.75, 3.05) is 0 Å². The van der Waals surface area contributed by atoms with Crippen LogP contribution in [0.3, 0.4) is 0 Å². The second-order valence-corrected chi connectivity index (χ2v) is 4.16. The van der Waals surface area contributed by atoms with Gasteiger partial charge in [-0.3, -0.25) is 0 Å². The second kappa shape index (κ2) is 2.74. The Morgan fingerprint density at radius 2 is 1.73 bits per heavy atom. The average molecular weight is 207 g/mol. The summed E-state index contributed by atoms with van der Waals surface area (Å²) in [4.78, 5) is 23.9. The van der Waals surface area contributed by atoms with E-state index < -0.39 is 0 Å². The van der Waals surface area contributed by atoms with Crippen molar-refractivity contribution in [3.8, 4) is 0 Å². The predicted molar refractivity (Wildman–Crippen MR) is 55.1 cm³/mol. The number of hydrogen-bond acceptors (Lipinski definition) is 2. The molecule has 2 aliphatic rings. The van der Waals surface area contributed by atoms with Crippen LogP contribution < -0.4 is 11.4 Å². The Bertz CT molecular complexity index is 502. The molecule has 1 aliphatic heterocycles. The highest BCUT2D eigenvalue weighted by Crippen LogP contribution is 2.35. The first-order valence-corrected chi connectivity index (χ1v) is 5.36. The first kappa shape index (κ1) is 8.76. The number of fused-ring (bicyclic) bond motifs is 5. The van der Waals surface area contributed by atoms with Crippen LogP contribution in [-0.4, -0.2) is 13.9 Å². The summed E-state index contributed by atoms with van der Waals surface area (Å²) in [7, 11) is 0. The van der Waals surface area contributed by atoms with E-state index in [1.54, 1.807) is 9.36 Å². The summed E-state index contributed by atoms with van der Waals surface area (Å²) in [6.07, 6.45) is 5.71. The Morgan fingerprint density at radius 3 is 2.20 bits per heavy atom. The topological polar surface area (TPSA) is 48.9 Å². The molecule has 0 saturated carbocycles. The van der Waals surface area contributed by atoms with Crippen molar-refractivity contribution in [1.29, 1.82) is 0 Å². The summed E-state index contributed by atoms with van der Waals surface area (Å²) >= 11 is 0. The third-order valence-corrected chi connectivity index (χ3v) is 3.20. The summed E-state index contributed by atoms with van der Waals surface area (Å²) in [5.74, 6) is 0. The van der Waals surface area contributed by atoms with E-state index in [9.17, 15) is 9.59 Å². The Morgan fingerprint density at radius 1 is 1.20 bits per heavy atom. The Kier molecular flexibility index (Phi) is 1.60. The molecule has 1 aliphatic carbocycles. The molecule has 3 rings (SSSR count). The van der Waals surface area contributed by atoms with Crippen LogP contribution in [0.4, 0.5) is 0 Å². The average Bonchev–Trinajstić information content (AvgIpc) is 2.87. The summed E-state index contributed by atoms with van der Waals surface area (Å²) < 4.78 is 4.54.